The van der Waals surface area contributed by atoms with E-state index >= 15 is 0 Å². The van der Waals surface area contributed by atoms with Gasteiger partial charge in [-0.05, 0) is 62.9 Å². The van der Waals surface area contributed by atoms with E-state index in [9.17, 15) is 0 Å². The molecule has 0 bridgehead atoms. The first-order valence-corrected chi connectivity index (χ1v) is 7.11. The van der Waals surface area contributed by atoms with Gasteiger partial charge in [-0.1, -0.05) is 12.1 Å². The molecule has 0 radical (unpaired) electrons. The van der Waals surface area contributed by atoms with Crippen LogP contribution in [0.4, 0.5) is 5.69 Å². The maximum atomic E-state index is 5.43. The number of anilines is 1. The Morgan fingerprint density at radius 3 is 2.53 bits per heavy atom. The Balaban J connectivity index is 1.78. The molecule has 19 heavy (non-hydrogen) atoms. The summed E-state index contributed by atoms with van der Waals surface area (Å²) in [6.07, 6.45) is 2.47. The van der Waals surface area contributed by atoms with Crippen LogP contribution < -0.4 is 16.4 Å². The Morgan fingerprint density at radius 2 is 1.95 bits per heavy atom. The molecular formula is C14H22N4S. The van der Waals surface area contributed by atoms with Crippen LogP contribution >= 0.6 is 12.2 Å². The number of likely N-dealkylation sites (tertiary alicyclic amines) is 1. The zero-order chi connectivity index (χ0) is 13.7. The van der Waals surface area contributed by atoms with Crippen molar-refractivity contribution in [3.8, 4) is 0 Å². The van der Waals surface area contributed by atoms with Crippen molar-refractivity contribution in [2.75, 3.05) is 25.5 Å². The van der Waals surface area contributed by atoms with Gasteiger partial charge in [0.05, 0.1) is 0 Å². The number of nitrogens with one attached hydrogen (secondary N) is 2. The van der Waals surface area contributed by atoms with Gasteiger partial charge in [0.1, 0.15) is 0 Å². The molecular weight excluding hydrogens is 256 g/mol. The summed E-state index contributed by atoms with van der Waals surface area (Å²) in [6, 6.07) is 8.85. The average molecular weight is 278 g/mol. The van der Waals surface area contributed by atoms with Crippen molar-refractivity contribution in [3.63, 3.8) is 0 Å². The van der Waals surface area contributed by atoms with Crippen molar-refractivity contribution in [2.24, 2.45) is 5.73 Å². The standard InChI is InChI=1S/C14H22N4S/c1-18-8-6-12(7-9-18)16-10-11-2-4-13(5-3-11)17-14(15)19/h2-5,12,16H,6-10H2,1H3,(H3,15,17,19). The van der Waals surface area contributed by atoms with Crippen molar-refractivity contribution < 1.29 is 0 Å². The summed E-state index contributed by atoms with van der Waals surface area (Å²) in [7, 11) is 2.18. The Morgan fingerprint density at radius 1 is 1.32 bits per heavy atom. The van der Waals surface area contributed by atoms with E-state index in [1.807, 2.05) is 12.1 Å². The molecule has 4 nitrogen and oxygen atoms in total. The summed E-state index contributed by atoms with van der Waals surface area (Å²) in [5, 5.41) is 6.85. The zero-order valence-electron chi connectivity index (χ0n) is 11.4. The first kappa shape index (κ1) is 14.2. The van der Waals surface area contributed by atoms with Crippen molar-refractivity contribution in [2.45, 2.75) is 25.4 Å². The second-order valence-corrected chi connectivity index (χ2v) is 5.58. The smallest absolute Gasteiger partial charge is 0.168 e. The molecule has 0 aliphatic carbocycles. The number of hydrogen-bond acceptors (Lipinski definition) is 3. The van der Waals surface area contributed by atoms with E-state index in [2.05, 4.69) is 34.7 Å². The van der Waals surface area contributed by atoms with Crippen LogP contribution in [0.25, 0.3) is 0 Å². The van der Waals surface area contributed by atoms with Gasteiger partial charge in [0.25, 0.3) is 0 Å². The largest absolute Gasteiger partial charge is 0.376 e. The summed E-state index contributed by atoms with van der Waals surface area (Å²) in [5.41, 5.74) is 7.66. The van der Waals surface area contributed by atoms with Crippen LogP contribution in [0.3, 0.4) is 0 Å². The fraction of sp³-hybridized carbons (Fsp3) is 0.500. The lowest BCUT2D eigenvalue weighted by Crippen LogP contribution is -2.40. The van der Waals surface area contributed by atoms with Crippen LogP contribution in [0, 0.1) is 0 Å². The van der Waals surface area contributed by atoms with Gasteiger partial charge in [0, 0.05) is 18.3 Å². The van der Waals surface area contributed by atoms with Crippen LogP contribution in [0.1, 0.15) is 18.4 Å². The second-order valence-electron chi connectivity index (χ2n) is 5.14. The number of nitrogens with zero attached hydrogens (tertiary/aromatic N) is 1. The number of thiocarbonyl (C=S) groups is 1. The molecule has 5 heteroatoms. The lowest BCUT2D eigenvalue weighted by Gasteiger charge is -2.29. The monoisotopic (exact) mass is 278 g/mol. The molecule has 1 fully saturated rings. The summed E-state index contributed by atoms with van der Waals surface area (Å²) >= 11 is 4.81. The number of rotatable bonds is 4. The highest BCUT2D eigenvalue weighted by atomic mass is 32.1. The number of hydrogen-bond donors (Lipinski definition) is 3. The molecule has 0 atom stereocenters. The zero-order valence-corrected chi connectivity index (χ0v) is 12.2. The van der Waals surface area contributed by atoms with E-state index < -0.39 is 0 Å². The molecule has 1 aromatic rings. The molecule has 1 aromatic carbocycles. The van der Waals surface area contributed by atoms with E-state index in [1.54, 1.807) is 0 Å². The molecule has 1 heterocycles. The van der Waals surface area contributed by atoms with Crippen LogP contribution in [0.5, 0.6) is 0 Å². The van der Waals surface area contributed by atoms with Gasteiger partial charge in [-0.15, -0.1) is 0 Å². The van der Waals surface area contributed by atoms with Gasteiger partial charge in [-0.3, -0.25) is 0 Å². The van der Waals surface area contributed by atoms with Gasteiger partial charge in [-0.25, -0.2) is 0 Å². The maximum absolute atomic E-state index is 5.43. The number of nitrogens with two attached hydrogens (primary N) is 1. The van der Waals surface area contributed by atoms with E-state index in [0.717, 1.165) is 12.2 Å². The van der Waals surface area contributed by atoms with Crippen LogP contribution in [0.2, 0.25) is 0 Å². The molecule has 1 saturated heterocycles. The van der Waals surface area contributed by atoms with Crippen molar-refractivity contribution >= 4 is 23.0 Å². The SMILES string of the molecule is CN1CCC(NCc2ccc(NC(N)=S)cc2)CC1. The fourth-order valence-electron chi connectivity index (χ4n) is 2.32. The Bertz CT molecular complexity index is 410. The van der Waals surface area contributed by atoms with Crippen molar-refractivity contribution in [1.82, 2.24) is 10.2 Å². The van der Waals surface area contributed by atoms with Gasteiger partial charge in [0.2, 0.25) is 0 Å². The summed E-state index contributed by atoms with van der Waals surface area (Å²) in [6.45, 7) is 3.30. The highest BCUT2D eigenvalue weighted by Crippen LogP contribution is 2.12. The molecule has 104 valence electrons. The molecule has 0 spiro atoms. The van der Waals surface area contributed by atoms with Gasteiger partial charge in [0.15, 0.2) is 5.11 Å². The molecule has 0 aromatic heterocycles. The van der Waals surface area contributed by atoms with Gasteiger partial charge in [-0.2, -0.15) is 0 Å². The third kappa shape index (κ3) is 4.78. The first-order valence-electron chi connectivity index (χ1n) is 6.71. The third-order valence-electron chi connectivity index (χ3n) is 3.53. The highest BCUT2D eigenvalue weighted by Gasteiger charge is 2.15. The Labute approximate surface area is 120 Å². The molecule has 1 aliphatic rings. The lowest BCUT2D eigenvalue weighted by molar-refractivity contribution is 0.234. The first-order chi connectivity index (χ1) is 9.13. The minimum absolute atomic E-state index is 0.303. The van der Waals surface area contributed by atoms with Crippen molar-refractivity contribution in [1.29, 1.82) is 0 Å². The lowest BCUT2D eigenvalue weighted by atomic mass is 10.1. The summed E-state index contributed by atoms with van der Waals surface area (Å²) < 4.78 is 0. The van der Waals surface area contributed by atoms with Gasteiger partial charge >= 0.3 is 0 Å². The van der Waals surface area contributed by atoms with E-state index in [1.165, 1.54) is 31.5 Å². The maximum Gasteiger partial charge on any atom is 0.168 e. The summed E-state index contributed by atoms with van der Waals surface area (Å²) in [5.74, 6) is 0. The molecule has 2 rings (SSSR count). The molecule has 0 amide bonds. The quantitative estimate of drug-likeness (QED) is 0.729. The fourth-order valence-corrected chi connectivity index (χ4v) is 2.44. The van der Waals surface area contributed by atoms with Crippen LogP contribution in [-0.2, 0) is 6.54 Å². The summed E-state index contributed by atoms with van der Waals surface area (Å²) in [4.78, 5) is 2.38. The average Bonchev–Trinajstić information content (AvgIpc) is 2.39. The predicted octanol–water partition coefficient (Wildman–Crippen LogP) is 1.53. The minimum atomic E-state index is 0.303. The number of piperidine rings is 1. The molecule has 0 saturated carbocycles. The second kappa shape index (κ2) is 6.84. The van der Waals surface area contributed by atoms with Crippen molar-refractivity contribution in [3.05, 3.63) is 29.8 Å². The van der Waals surface area contributed by atoms with Crippen LogP contribution in [-0.4, -0.2) is 36.2 Å². The topological polar surface area (TPSA) is 53.3 Å². The van der Waals surface area contributed by atoms with E-state index in [0.29, 0.717) is 11.2 Å². The van der Waals surface area contributed by atoms with Crippen LogP contribution in [0.15, 0.2) is 24.3 Å². The van der Waals surface area contributed by atoms with Gasteiger partial charge < -0.3 is 21.3 Å². The Kier molecular flexibility index (Phi) is 5.13. The predicted molar refractivity (Wildman–Crippen MR) is 84.2 cm³/mol. The molecule has 0 unspecified atom stereocenters. The normalized spacial score (nSPS) is 17.3. The number of benzene rings is 1. The van der Waals surface area contributed by atoms with E-state index in [4.69, 9.17) is 18.0 Å². The highest BCUT2D eigenvalue weighted by molar-refractivity contribution is 7.80. The van der Waals surface area contributed by atoms with E-state index in [-0.39, 0.29) is 0 Å². The molecule has 4 N–H and O–H groups in total. The Hall–Kier alpha value is -1.17. The third-order valence-corrected chi connectivity index (χ3v) is 3.64. The minimum Gasteiger partial charge on any atom is -0.376 e. The molecule has 1 aliphatic heterocycles.